The smallest absolute Gasteiger partial charge is 0.0340 e. The first-order chi connectivity index (χ1) is 11.2. The third kappa shape index (κ3) is 8.76. The molecule has 0 aliphatic heterocycles. The Labute approximate surface area is 151 Å². The normalized spacial score (nSPS) is 12.4. The van der Waals surface area contributed by atoms with E-state index in [2.05, 4.69) is 71.1 Å². The average molecular weight is 332 g/mol. The van der Waals surface area contributed by atoms with Crippen molar-refractivity contribution in [3.8, 4) is 0 Å². The highest BCUT2D eigenvalue weighted by Gasteiger charge is 2.26. The van der Waals surface area contributed by atoms with Gasteiger partial charge in [0.2, 0.25) is 0 Å². The summed E-state index contributed by atoms with van der Waals surface area (Å²) in [5, 5.41) is 3.57. The zero-order chi connectivity index (χ0) is 18.1. The lowest BCUT2D eigenvalue weighted by Gasteiger charge is -2.33. The van der Waals surface area contributed by atoms with Crippen LogP contribution in [-0.2, 0) is 5.41 Å². The van der Waals surface area contributed by atoms with E-state index in [4.69, 9.17) is 0 Å². The highest BCUT2D eigenvalue weighted by Crippen LogP contribution is 2.36. The zero-order valence-electron chi connectivity index (χ0n) is 17.2. The van der Waals surface area contributed by atoms with E-state index in [9.17, 15) is 0 Å². The Hall–Kier alpha value is -0.980. The second kappa shape index (κ2) is 10.1. The van der Waals surface area contributed by atoms with Gasteiger partial charge in [-0.1, -0.05) is 92.2 Å². The third-order valence-corrected chi connectivity index (χ3v) is 4.75. The molecule has 0 saturated heterocycles. The van der Waals surface area contributed by atoms with Crippen molar-refractivity contribution in [3.63, 3.8) is 0 Å². The maximum absolute atomic E-state index is 3.57. The molecule has 0 radical (unpaired) electrons. The van der Waals surface area contributed by atoms with Crippen LogP contribution in [0.4, 0.5) is 5.69 Å². The summed E-state index contributed by atoms with van der Waals surface area (Å²) in [4.78, 5) is 0. The van der Waals surface area contributed by atoms with Gasteiger partial charge in [-0.2, -0.15) is 0 Å². The van der Waals surface area contributed by atoms with Gasteiger partial charge < -0.3 is 5.32 Å². The van der Waals surface area contributed by atoms with Crippen LogP contribution in [0.25, 0.3) is 0 Å². The molecule has 24 heavy (non-hydrogen) atoms. The van der Waals surface area contributed by atoms with Crippen LogP contribution >= 0.6 is 0 Å². The fourth-order valence-corrected chi connectivity index (χ4v) is 3.78. The molecule has 1 aromatic rings. The van der Waals surface area contributed by atoms with E-state index in [1.807, 2.05) is 0 Å². The molecule has 138 valence electrons. The molecule has 0 saturated carbocycles. The van der Waals surface area contributed by atoms with Gasteiger partial charge in [-0.25, -0.2) is 0 Å². The van der Waals surface area contributed by atoms with Gasteiger partial charge in [-0.05, 0) is 41.4 Å². The van der Waals surface area contributed by atoms with E-state index in [1.165, 1.54) is 62.6 Å². The topological polar surface area (TPSA) is 12.0 Å². The van der Waals surface area contributed by atoms with Crippen molar-refractivity contribution in [2.75, 3.05) is 11.9 Å². The van der Waals surface area contributed by atoms with Crippen LogP contribution in [0.5, 0.6) is 0 Å². The van der Waals surface area contributed by atoms with Gasteiger partial charge in [0.15, 0.2) is 0 Å². The summed E-state index contributed by atoms with van der Waals surface area (Å²) in [6, 6.07) is 9.11. The summed E-state index contributed by atoms with van der Waals surface area (Å²) < 4.78 is 0. The lowest BCUT2D eigenvalue weighted by atomic mass is 9.72. The second-order valence-corrected chi connectivity index (χ2v) is 9.25. The molecule has 1 rings (SSSR count). The van der Waals surface area contributed by atoms with Crippen LogP contribution in [0.2, 0.25) is 0 Å². The Morgan fingerprint density at radius 1 is 0.750 bits per heavy atom. The summed E-state index contributed by atoms with van der Waals surface area (Å²) in [6.07, 6.45) is 10.8. The van der Waals surface area contributed by atoms with Crippen molar-refractivity contribution in [3.05, 3.63) is 29.8 Å². The fraction of sp³-hybridized carbons (Fsp3) is 0.739. The van der Waals surface area contributed by atoms with E-state index < -0.39 is 0 Å². The van der Waals surface area contributed by atoms with Crippen LogP contribution in [0.15, 0.2) is 24.3 Å². The number of nitrogens with one attached hydrogen (secondary N) is 1. The highest BCUT2D eigenvalue weighted by molar-refractivity contribution is 5.45. The molecule has 0 amide bonds. The number of hydrogen-bond donors (Lipinski definition) is 1. The summed E-state index contributed by atoms with van der Waals surface area (Å²) >= 11 is 0. The highest BCUT2D eigenvalue weighted by atomic mass is 14.9. The monoisotopic (exact) mass is 331 g/mol. The van der Waals surface area contributed by atoms with Crippen molar-refractivity contribution in [2.24, 2.45) is 5.41 Å². The Balaban J connectivity index is 2.32. The van der Waals surface area contributed by atoms with Gasteiger partial charge in [0.05, 0.1) is 0 Å². The number of rotatable bonds is 11. The van der Waals surface area contributed by atoms with Gasteiger partial charge in [0.1, 0.15) is 0 Å². The minimum atomic E-state index is 0.231. The molecule has 0 aromatic heterocycles. The fourth-order valence-electron chi connectivity index (χ4n) is 3.78. The molecule has 1 N–H and O–H groups in total. The lowest BCUT2D eigenvalue weighted by Crippen LogP contribution is -2.24. The van der Waals surface area contributed by atoms with Gasteiger partial charge >= 0.3 is 0 Å². The number of hydrogen-bond acceptors (Lipinski definition) is 1. The van der Waals surface area contributed by atoms with Gasteiger partial charge in [0.25, 0.3) is 0 Å². The Morgan fingerprint density at radius 2 is 1.29 bits per heavy atom. The predicted molar refractivity (Wildman–Crippen MR) is 110 cm³/mol. The third-order valence-electron chi connectivity index (χ3n) is 4.75. The lowest BCUT2D eigenvalue weighted by molar-refractivity contribution is 0.284. The molecule has 0 fully saturated rings. The minimum Gasteiger partial charge on any atom is -0.385 e. The largest absolute Gasteiger partial charge is 0.385 e. The quantitative estimate of drug-likeness (QED) is 0.412. The summed E-state index contributed by atoms with van der Waals surface area (Å²) in [5.74, 6) is 0. The number of unbranched alkanes of at least 4 members (excludes halogenated alkanes) is 6. The molecule has 0 heterocycles. The van der Waals surface area contributed by atoms with Gasteiger partial charge in [-0.15, -0.1) is 0 Å². The predicted octanol–water partition coefficient (Wildman–Crippen LogP) is 7.56. The zero-order valence-corrected chi connectivity index (χ0v) is 17.2. The molecule has 0 bridgehead atoms. The molecular formula is C23H41N. The SMILES string of the molecule is CCCCCCCCCNc1ccc(C(C)(C)CC(C)(C)C)cc1. The Morgan fingerprint density at radius 3 is 1.83 bits per heavy atom. The van der Waals surface area contributed by atoms with E-state index >= 15 is 0 Å². The molecule has 0 atom stereocenters. The van der Waals surface area contributed by atoms with E-state index in [0.29, 0.717) is 5.41 Å². The average Bonchev–Trinajstić information content (AvgIpc) is 2.48. The Kier molecular flexibility index (Phi) is 8.87. The van der Waals surface area contributed by atoms with Crippen molar-refractivity contribution >= 4 is 5.69 Å². The van der Waals surface area contributed by atoms with Crippen molar-refractivity contribution < 1.29 is 0 Å². The van der Waals surface area contributed by atoms with Crippen LogP contribution in [0.1, 0.15) is 98.5 Å². The van der Waals surface area contributed by atoms with Crippen LogP contribution in [0.3, 0.4) is 0 Å². The molecular weight excluding hydrogens is 290 g/mol. The van der Waals surface area contributed by atoms with Crippen LogP contribution in [-0.4, -0.2) is 6.54 Å². The Bertz CT molecular complexity index is 436. The van der Waals surface area contributed by atoms with Crippen molar-refractivity contribution in [1.82, 2.24) is 0 Å². The minimum absolute atomic E-state index is 0.231. The van der Waals surface area contributed by atoms with Crippen LogP contribution < -0.4 is 5.32 Å². The first-order valence-electron chi connectivity index (χ1n) is 10.1. The standard InChI is InChI=1S/C23H41N/c1-7-8-9-10-11-12-13-18-24-21-16-14-20(15-17-21)23(5,6)19-22(2,3)4/h14-17,24H,7-13,18-19H2,1-6H3. The molecule has 0 unspecified atom stereocenters. The summed E-state index contributed by atoms with van der Waals surface area (Å²) in [6.45, 7) is 15.1. The van der Waals surface area contributed by atoms with Gasteiger partial charge in [-0.3, -0.25) is 0 Å². The molecule has 0 aliphatic rings. The second-order valence-electron chi connectivity index (χ2n) is 9.25. The van der Waals surface area contributed by atoms with Gasteiger partial charge in [0, 0.05) is 12.2 Å². The molecule has 1 nitrogen and oxygen atoms in total. The molecule has 1 aromatic carbocycles. The van der Waals surface area contributed by atoms with E-state index in [-0.39, 0.29) is 5.41 Å². The first-order valence-corrected chi connectivity index (χ1v) is 10.1. The first kappa shape index (κ1) is 21.1. The summed E-state index contributed by atoms with van der Waals surface area (Å²) in [5.41, 5.74) is 3.29. The number of anilines is 1. The van der Waals surface area contributed by atoms with E-state index in [1.54, 1.807) is 0 Å². The number of benzene rings is 1. The van der Waals surface area contributed by atoms with E-state index in [0.717, 1.165) is 6.54 Å². The van der Waals surface area contributed by atoms with Crippen molar-refractivity contribution in [2.45, 2.75) is 98.3 Å². The summed E-state index contributed by atoms with van der Waals surface area (Å²) in [7, 11) is 0. The van der Waals surface area contributed by atoms with Crippen LogP contribution in [0, 0.1) is 5.41 Å². The van der Waals surface area contributed by atoms with Crippen molar-refractivity contribution in [1.29, 1.82) is 0 Å². The molecule has 1 heteroatoms. The maximum Gasteiger partial charge on any atom is 0.0340 e. The molecule has 0 aliphatic carbocycles. The maximum atomic E-state index is 3.57. The molecule has 0 spiro atoms.